The van der Waals surface area contributed by atoms with E-state index in [9.17, 15) is 14.4 Å². The highest BCUT2D eigenvalue weighted by atomic mass is 16.5. The van der Waals surface area contributed by atoms with Crippen molar-refractivity contribution < 1.29 is 23.9 Å². The van der Waals surface area contributed by atoms with Gasteiger partial charge in [-0.1, -0.05) is 25.5 Å². The van der Waals surface area contributed by atoms with Crippen LogP contribution in [0.1, 0.15) is 57.9 Å². The summed E-state index contributed by atoms with van der Waals surface area (Å²) >= 11 is 0. The second-order valence-electron chi connectivity index (χ2n) is 8.05. The molecule has 1 aliphatic carbocycles. The number of amides is 2. The number of nitrogens with one attached hydrogen (secondary N) is 1. The molecule has 0 bridgehead atoms. The van der Waals surface area contributed by atoms with Crippen LogP contribution in [0.25, 0.3) is 0 Å². The topological polar surface area (TPSA) is 84.9 Å². The summed E-state index contributed by atoms with van der Waals surface area (Å²) in [5.74, 6) is -0.456. The van der Waals surface area contributed by atoms with Gasteiger partial charge in [-0.15, -0.1) is 0 Å². The van der Waals surface area contributed by atoms with Gasteiger partial charge in [-0.2, -0.15) is 0 Å². The Morgan fingerprint density at radius 2 is 1.87 bits per heavy atom. The van der Waals surface area contributed by atoms with Gasteiger partial charge in [0.1, 0.15) is 17.9 Å². The third-order valence-electron chi connectivity index (χ3n) is 5.82. The number of esters is 1. The second-order valence-corrected chi connectivity index (χ2v) is 8.05. The first kappa shape index (κ1) is 22.1. The molecule has 30 heavy (non-hydrogen) atoms. The molecule has 1 saturated carbocycles. The lowest BCUT2D eigenvalue weighted by Gasteiger charge is -2.36. The van der Waals surface area contributed by atoms with E-state index < -0.39 is 18.1 Å². The molecule has 1 N–H and O–H groups in total. The zero-order valence-electron chi connectivity index (χ0n) is 17.9. The molecule has 2 aliphatic rings. The van der Waals surface area contributed by atoms with Crippen molar-refractivity contribution in [3.63, 3.8) is 0 Å². The van der Waals surface area contributed by atoms with Gasteiger partial charge in [-0.05, 0) is 56.7 Å². The molecule has 7 heteroatoms. The first-order valence-electron chi connectivity index (χ1n) is 11.0. The van der Waals surface area contributed by atoms with Gasteiger partial charge in [-0.25, -0.2) is 0 Å². The summed E-state index contributed by atoms with van der Waals surface area (Å²) in [6, 6.07) is 6.74. The molecule has 0 radical (unpaired) electrons. The minimum absolute atomic E-state index is 0.0737. The number of aryl methyl sites for hydroxylation is 1. The quantitative estimate of drug-likeness (QED) is 0.691. The Morgan fingerprint density at radius 3 is 2.53 bits per heavy atom. The molecular weight excluding hydrogens is 384 g/mol. The highest BCUT2D eigenvalue weighted by Crippen LogP contribution is 2.22. The molecule has 164 valence electrons. The number of nitrogens with zero attached hydrogens (tertiary/aromatic N) is 1. The van der Waals surface area contributed by atoms with Crippen LogP contribution in [0.4, 0.5) is 0 Å². The number of benzene rings is 1. The summed E-state index contributed by atoms with van der Waals surface area (Å²) in [4.78, 5) is 39.3. The molecular formula is C23H32N2O5. The lowest BCUT2D eigenvalue weighted by atomic mass is 9.98. The molecule has 0 spiro atoms. The molecule has 3 rings (SSSR count). The maximum Gasteiger partial charge on any atom is 0.308 e. The van der Waals surface area contributed by atoms with Crippen LogP contribution in [-0.2, 0) is 25.5 Å². The van der Waals surface area contributed by atoms with Crippen molar-refractivity contribution in [2.45, 2.75) is 77.0 Å². The Kier molecular flexibility index (Phi) is 7.71. The predicted molar refractivity (Wildman–Crippen MR) is 112 cm³/mol. The largest absolute Gasteiger partial charge is 0.481 e. The van der Waals surface area contributed by atoms with Crippen LogP contribution in [-0.4, -0.2) is 54.0 Å². The van der Waals surface area contributed by atoms with E-state index >= 15 is 0 Å². The lowest BCUT2D eigenvalue weighted by molar-refractivity contribution is -0.157. The minimum Gasteiger partial charge on any atom is -0.481 e. The van der Waals surface area contributed by atoms with Crippen LogP contribution in [0.15, 0.2) is 24.3 Å². The van der Waals surface area contributed by atoms with E-state index in [0.29, 0.717) is 18.8 Å². The molecule has 0 aromatic heterocycles. The fourth-order valence-electron chi connectivity index (χ4n) is 4.05. The van der Waals surface area contributed by atoms with E-state index in [1.165, 1.54) is 16.9 Å². The van der Waals surface area contributed by atoms with Crippen LogP contribution in [0.5, 0.6) is 5.75 Å². The van der Waals surface area contributed by atoms with Gasteiger partial charge in [0.2, 0.25) is 5.91 Å². The van der Waals surface area contributed by atoms with E-state index in [-0.39, 0.29) is 24.3 Å². The zero-order valence-corrected chi connectivity index (χ0v) is 17.9. The number of rotatable bonds is 7. The maximum absolute atomic E-state index is 13.0. The minimum atomic E-state index is -0.865. The number of piperazine rings is 1. The van der Waals surface area contributed by atoms with Crippen LogP contribution in [0.2, 0.25) is 0 Å². The van der Waals surface area contributed by atoms with Crippen molar-refractivity contribution in [2.24, 2.45) is 0 Å². The Morgan fingerprint density at radius 1 is 1.17 bits per heavy atom. The monoisotopic (exact) mass is 416 g/mol. The summed E-state index contributed by atoms with van der Waals surface area (Å²) < 4.78 is 11.4. The van der Waals surface area contributed by atoms with E-state index in [4.69, 9.17) is 9.47 Å². The van der Waals surface area contributed by atoms with E-state index in [1.54, 1.807) is 6.92 Å². The van der Waals surface area contributed by atoms with Crippen LogP contribution in [0, 0.1) is 0 Å². The fourth-order valence-corrected chi connectivity index (χ4v) is 4.05. The highest BCUT2D eigenvalue weighted by molar-refractivity contribution is 5.93. The second kappa shape index (κ2) is 10.5. The third kappa shape index (κ3) is 5.74. The van der Waals surface area contributed by atoms with E-state index in [0.717, 1.165) is 32.1 Å². The standard InChI is InChI=1S/C23H32N2O5/c1-3-17-9-11-19(12-10-17)29-16(2)23(28)25-14-13-24-22(27)20(25)15-21(26)30-18-7-5-4-6-8-18/h9-12,16,18,20H,3-8,13-15H2,1-2H3,(H,24,27)/t16-,20-/m1/s1. The predicted octanol–water partition coefficient (Wildman–Crippen LogP) is 2.61. The number of carbonyl (C=O) groups is 3. The van der Waals surface area contributed by atoms with Crippen LogP contribution in [0.3, 0.4) is 0 Å². The van der Waals surface area contributed by atoms with Crippen LogP contribution < -0.4 is 10.1 Å². The summed E-state index contributed by atoms with van der Waals surface area (Å²) in [5, 5.41) is 2.75. The van der Waals surface area contributed by atoms with Gasteiger partial charge in [0, 0.05) is 13.1 Å². The summed E-state index contributed by atoms with van der Waals surface area (Å²) in [6.07, 6.45) is 4.97. The van der Waals surface area contributed by atoms with Gasteiger partial charge in [0.15, 0.2) is 6.10 Å². The molecule has 1 heterocycles. The molecule has 1 aliphatic heterocycles. The first-order valence-corrected chi connectivity index (χ1v) is 11.0. The van der Waals surface area contributed by atoms with Gasteiger partial charge >= 0.3 is 5.97 Å². The molecule has 2 atom stereocenters. The Bertz CT molecular complexity index is 742. The van der Waals surface area contributed by atoms with Crippen molar-refractivity contribution in [3.05, 3.63) is 29.8 Å². The van der Waals surface area contributed by atoms with E-state index in [1.807, 2.05) is 24.3 Å². The fraction of sp³-hybridized carbons (Fsp3) is 0.609. The SMILES string of the molecule is CCc1ccc(O[C@H](C)C(=O)N2CCNC(=O)[C@H]2CC(=O)OC2CCCCC2)cc1. The Hall–Kier alpha value is -2.57. The van der Waals surface area contributed by atoms with Gasteiger partial charge in [0.05, 0.1) is 6.42 Å². The smallest absolute Gasteiger partial charge is 0.308 e. The molecule has 0 unspecified atom stereocenters. The maximum atomic E-state index is 13.0. The van der Waals surface area contributed by atoms with Gasteiger partial charge < -0.3 is 19.7 Å². The lowest BCUT2D eigenvalue weighted by Crippen LogP contribution is -2.60. The number of hydrogen-bond acceptors (Lipinski definition) is 5. The third-order valence-corrected chi connectivity index (χ3v) is 5.82. The van der Waals surface area contributed by atoms with Crippen molar-refractivity contribution in [2.75, 3.05) is 13.1 Å². The van der Waals surface area contributed by atoms with E-state index in [2.05, 4.69) is 12.2 Å². The molecule has 7 nitrogen and oxygen atoms in total. The summed E-state index contributed by atoms with van der Waals surface area (Å²) in [5.41, 5.74) is 1.19. The molecule has 2 fully saturated rings. The van der Waals surface area contributed by atoms with Crippen molar-refractivity contribution in [1.82, 2.24) is 10.2 Å². The van der Waals surface area contributed by atoms with Crippen molar-refractivity contribution >= 4 is 17.8 Å². The molecule has 2 amide bonds. The average molecular weight is 417 g/mol. The van der Waals surface area contributed by atoms with Crippen molar-refractivity contribution in [3.8, 4) is 5.75 Å². The molecule has 1 saturated heterocycles. The summed E-state index contributed by atoms with van der Waals surface area (Å²) in [7, 11) is 0. The Labute approximate surface area is 178 Å². The van der Waals surface area contributed by atoms with Gasteiger partial charge in [0.25, 0.3) is 5.91 Å². The number of ether oxygens (including phenoxy) is 2. The van der Waals surface area contributed by atoms with Crippen molar-refractivity contribution in [1.29, 1.82) is 0 Å². The first-order chi connectivity index (χ1) is 14.5. The normalized spacial score (nSPS) is 20.9. The van der Waals surface area contributed by atoms with Crippen LogP contribution >= 0.6 is 0 Å². The zero-order chi connectivity index (χ0) is 21.5. The number of hydrogen-bond donors (Lipinski definition) is 1. The molecule has 1 aromatic rings. The number of carbonyl (C=O) groups excluding carboxylic acids is 3. The highest BCUT2D eigenvalue weighted by Gasteiger charge is 2.37. The Balaban J connectivity index is 1.61. The average Bonchev–Trinajstić information content (AvgIpc) is 2.76. The summed E-state index contributed by atoms with van der Waals surface area (Å²) in [6.45, 7) is 4.44. The molecule has 1 aromatic carbocycles. The van der Waals surface area contributed by atoms with Gasteiger partial charge in [-0.3, -0.25) is 14.4 Å².